The van der Waals surface area contributed by atoms with Crippen LogP contribution >= 0.6 is 0 Å². The van der Waals surface area contributed by atoms with Crippen molar-refractivity contribution in [1.29, 1.82) is 0 Å². The molecule has 3 fully saturated rings. The third-order valence-electron chi connectivity index (χ3n) is 5.91. The summed E-state index contributed by atoms with van der Waals surface area (Å²) in [7, 11) is 1.60. The van der Waals surface area contributed by atoms with Crippen molar-refractivity contribution in [2.75, 3.05) is 20.2 Å². The molecule has 5 rings (SSSR count). The SMILES string of the molecule is C=C[C@H]1CN2CC[C@H]1C[C@H]2C(O)(OC)c1ccnc2ccccc12. The Hall–Kier alpha value is -1.75. The first-order valence-electron chi connectivity index (χ1n) is 8.65. The molecule has 5 atom stereocenters. The lowest BCUT2D eigenvalue weighted by atomic mass is 9.72. The number of nitrogens with zero attached hydrogens (tertiary/aromatic N) is 2. The topological polar surface area (TPSA) is 45.6 Å². The van der Waals surface area contributed by atoms with Gasteiger partial charge in [0.25, 0.3) is 0 Å². The van der Waals surface area contributed by atoms with Crippen LogP contribution in [-0.4, -0.2) is 41.2 Å². The monoisotopic (exact) mass is 324 g/mol. The molecule has 1 aromatic heterocycles. The average molecular weight is 324 g/mol. The van der Waals surface area contributed by atoms with Crippen molar-refractivity contribution in [2.24, 2.45) is 11.8 Å². The number of benzene rings is 1. The Morgan fingerprint density at radius 2 is 2.21 bits per heavy atom. The van der Waals surface area contributed by atoms with Crippen LogP contribution in [0.3, 0.4) is 0 Å². The molecule has 4 nitrogen and oxygen atoms in total. The van der Waals surface area contributed by atoms with Crippen LogP contribution in [0.2, 0.25) is 0 Å². The fraction of sp³-hybridized carbons (Fsp3) is 0.450. The van der Waals surface area contributed by atoms with Crippen molar-refractivity contribution < 1.29 is 9.84 Å². The molecule has 0 aliphatic carbocycles. The van der Waals surface area contributed by atoms with Gasteiger partial charge in [-0.05, 0) is 43.4 Å². The van der Waals surface area contributed by atoms with Gasteiger partial charge in [0.2, 0.25) is 5.79 Å². The Morgan fingerprint density at radius 1 is 1.38 bits per heavy atom. The van der Waals surface area contributed by atoms with E-state index in [2.05, 4.69) is 22.5 Å². The zero-order chi connectivity index (χ0) is 16.7. The van der Waals surface area contributed by atoms with Crippen molar-refractivity contribution in [1.82, 2.24) is 9.88 Å². The molecular weight excluding hydrogens is 300 g/mol. The summed E-state index contributed by atoms with van der Waals surface area (Å²) in [4.78, 5) is 6.78. The predicted octanol–water partition coefficient (Wildman–Crippen LogP) is 2.92. The average Bonchev–Trinajstić information content (AvgIpc) is 2.67. The molecule has 4 heterocycles. The van der Waals surface area contributed by atoms with Crippen LogP contribution in [-0.2, 0) is 10.5 Å². The van der Waals surface area contributed by atoms with E-state index in [0.29, 0.717) is 11.8 Å². The normalized spacial score (nSPS) is 31.8. The molecule has 0 amide bonds. The highest BCUT2D eigenvalue weighted by Crippen LogP contribution is 2.45. The minimum absolute atomic E-state index is 0.0387. The van der Waals surface area contributed by atoms with Gasteiger partial charge in [0.1, 0.15) is 0 Å². The van der Waals surface area contributed by atoms with Gasteiger partial charge < -0.3 is 9.84 Å². The molecule has 1 N–H and O–H groups in total. The van der Waals surface area contributed by atoms with E-state index in [1.54, 1.807) is 13.3 Å². The predicted molar refractivity (Wildman–Crippen MR) is 94.4 cm³/mol. The molecule has 0 spiro atoms. The van der Waals surface area contributed by atoms with Gasteiger partial charge in [0, 0.05) is 30.8 Å². The number of para-hydroxylation sites is 1. The summed E-state index contributed by atoms with van der Waals surface area (Å²) in [5.74, 6) is -0.231. The van der Waals surface area contributed by atoms with Crippen molar-refractivity contribution in [3.63, 3.8) is 0 Å². The summed E-state index contributed by atoms with van der Waals surface area (Å²) >= 11 is 0. The number of pyridine rings is 1. The third kappa shape index (κ3) is 2.29. The standard InChI is InChI=1S/C20H24N2O2/c1-3-14-13-22-11-9-15(14)12-19(22)20(23,24-2)17-8-10-21-18-7-5-4-6-16(17)18/h3-8,10,14-15,19,23H,1,9,11-13H2,2H3/t14-,15-,19-,20?/m0/s1. The number of ether oxygens (including phenoxy) is 1. The van der Waals surface area contributed by atoms with E-state index in [1.165, 1.54) is 6.42 Å². The second-order valence-corrected chi connectivity index (χ2v) is 6.97. The number of rotatable bonds is 4. The highest BCUT2D eigenvalue weighted by molar-refractivity contribution is 5.82. The van der Waals surface area contributed by atoms with Crippen LogP contribution in [0.25, 0.3) is 10.9 Å². The Balaban J connectivity index is 1.78. The first-order valence-corrected chi connectivity index (χ1v) is 8.65. The summed E-state index contributed by atoms with van der Waals surface area (Å²) in [6.07, 6.45) is 5.92. The summed E-state index contributed by atoms with van der Waals surface area (Å²) in [5, 5.41) is 12.5. The number of piperidine rings is 3. The van der Waals surface area contributed by atoms with E-state index in [9.17, 15) is 5.11 Å². The molecule has 126 valence electrons. The second kappa shape index (κ2) is 5.96. The number of hydrogen-bond acceptors (Lipinski definition) is 4. The van der Waals surface area contributed by atoms with E-state index in [4.69, 9.17) is 4.74 Å². The highest BCUT2D eigenvalue weighted by atomic mass is 16.6. The lowest BCUT2D eigenvalue weighted by Gasteiger charge is -2.53. The zero-order valence-corrected chi connectivity index (χ0v) is 14.1. The van der Waals surface area contributed by atoms with Crippen LogP contribution in [0.1, 0.15) is 18.4 Å². The van der Waals surface area contributed by atoms with E-state index in [0.717, 1.165) is 36.0 Å². The van der Waals surface area contributed by atoms with Crippen LogP contribution in [0, 0.1) is 11.8 Å². The third-order valence-corrected chi connectivity index (χ3v) is 5.91. The van der Waals surface area contributed by atoms with E-state index >= 15 is 0 Å². The molecular formula is C20H24N2O2. The fourth-order valence-corrected chi connectivity index (χ4v) is 4.58. The Kier molecular flexibility index (Phi) is 3.91. The van der Waals surface area contributed by atoms with Gasteiger partial charge in [-0.1, -0.05) is 24.3 Å². The van der Waals surface area contributed by atoms with Crippen molar-refractivity contribution in [3.05, 3.63) is 54.7 Å². The summed E-state index contributed by atoms with van der Waals surface area (Å²) in [6.45, 7) is 5.94. The Morgan fingerprint density at radius 3 is 2.92 bits per heavy atom. The Labute approximate surface area is 142 Å². The molecule has 2 unspecified atom stereocenters. The van der Waals surface area contributed by atoms with E-state index in [-0.39, 0.29) is 6.04 Å². The minimum atomic E-state index is -1.33. The van der Waals surface area contributed by atoms with E-state index < -0.39 is 5.79 Å². The number of aromatic nitrogens is 1. The minimum Gasteiger partial charge on any atom is -0.361 e. The maximum absolute atomic E-state index is 11.6. The maximum atomic E-state index is 11.6. The number of methoxy groups -OCH3 is 1. The van der Waals surface area contributed by atoms with Gasteiger partial charge in [-0.15, -0.1) is 6.58 Å². The zero-order valence-electron chi connectivity index (χ0n) is 14.1. The first kappa shape index (κ1) is 15.8. The van der Waals surface area contributed by atoms with Gasteiger partial charge in [-0.25, -0.2) is 0 Å². The van der Waals surface area contributed by atoms with Crippen molar-refractivity contribution >= 4 is 10.9 Å². The summed E-state index contributed by atoms with van der Waals surface area (Å²) < 4.78 is 5.75. The van der Waals surface area contributed by atoms with Crippen LogP contribution in [0.4, 0.5) is 0 Å². The molecule has 2 bridgehead atoms. The highest BCUT2D eigenvalue weighted by Gasteiger charge is 2.50. The quantitative estimate of drug-likeness (QED) is 0.694. The van der Waals surface area contributed by atoms with E-state index in [1.807, 2.05) is 30.3 Å². The fourth-order valence-electron chi connectivity index (χ4n) is 4.58. The largest absolute Gasteiger partial charge is 0.361 e. The van der Waals surface area contributed by atoms with Crippen LogP contribution in [0.5, 0.6) is 0 Å². The maximum Gasteiger partial charge on any atom is 0.208 e. The van der Waals surface area contributed by atoms with Crippen molar-refractivity contribution in [2.45, 2.75) is 24.7 Å². The molecule has 3 saturated heterocycles. The van der Waals surface area contributed by atoms with Crippen LogP contribution in [0.15, 0.2) is 49.2 Å². The molecule has 3 aliphatic rings. The van der Waals surface area contributed by atoms with Gasteiger partial charge >= 0.3 is 0 Å². The lowest BCUT2D eigenvalue weighted by molar-refractivity contribution is -0.253. The molecule has 0 saturated carbocycles. The number of fused-ring (bicyclic) bond motifs is 4. The van der Waals surface area contributed by atoms with Gasteiger partial charge in [0.15, 0.2) is 0 Å². The molecule has 24 heavy (non-hydrogen) atoms. The Bertz CT molecular complexity index is 757. The van der Waals surface area contributed by atoms with Gasteiger partial charge in [-0.2, -0.15) is 0 Å². The van der Waals surface area contributed by atoms with Gasteiger partial charge in [0.05, 0.1) is 11.6 Å². The molecule has 4 heteroatoms. The number of hydrogen-bond donors (Lipinski definition) is 1. The van der Waals surface area contributed by atoms with Crippen LogP contribution < -0.4 is 0 Å². The molecule has 2 aromatic rings. The molecule has 3 aliphatic heterocycles. The smallest absolute Gasteiger partial charge is 0.208 e. The van der Waals surface area contributed by atoms with Gasteiger partial charge in [-0.3, -0.25) is 9.88 Å². The summed E-state index contributed by atoms with van der Waals surface area (Å²) in [5.41, 5.74) is 1.69. The molecule has 1 aromatic carbocycles. The first-order chi connectivity index (χ1) is 11.7. The molecule has 0 radical (unpaired) electrons. The summed E-state index contributed by atoms with van der Waals surface area (Å²) in [6, 6.07) is 9.76. The lowest BCUT2D eigenvalue weighted by Crippen LogP contribution is -2.61. The number of aliphatic hydroxyl groups is 1. The van der Waals surface area contributed by atoms with Crippen molar-refractivity contribution in [3.8, 4) is 0 Å². The second-order valence-electron chi connectivity index (χ2n) is 6.97.